The molecule has 0 spiro atoms. The summed E-state index contributed by atoms with van der Waals surface area (Å²) in [4.78, 5) is 24.6. The van der Waals surface area contributed by atoms with Crippen molar-refractivity contribution in [2.45, 2.75) is 49.9 Å². The first kappa shape index (κ1) is 18.1. The van der Waals surface area contributed by atoms with E-state index in [1.54, 1.807) is 12.1 Å². The molecule has 1 aromatic carbocycles. The molecule has 4 aliphatic carbocycles. The average Bonchev–Trinajstić information content (AvgIpc) is 2.57. The summed E-state index contributed by atoms with van der Waals surface area (Å²) < 4.78 is 5.41. The molecule has 0 saturated heterocycles. The molecule has 1 N–H and O–H groups in total. The maximum atomic E-state index is 12.8. The summed E-state index contributed by atoms with van der Waals surface area (Å²) in [5.74, 6) is 0.525. The number of halogens is 2. The van der Waals surface area contributed by atoms with Crippen molar-refractivity contribution < 1.29 is 14.3 Å². The number of ether oxygens (including phenoxy) is 1. The van der Waals surface area contributed by atoms with Crippen LogP contribution in [0.25, 0.3) is 0 Å². The van der Waals surface area contributed by atoms with Crippen molar-refractivity contribution in [3.05, 3.63) is 34.9 Å². The van der Waals surface area contributed by atoms with Gasteiger partial charge in [-0.25, -0.2) is 0 Å². The second-order valence-electron chi connectivity index (χ2n) is 8.37. The van der Waals surface area contributed by atoms with Crippen LogP contribution in [0.2, 0.25) is 5.02 Å². The molecule has 1 aromatic rings. The van der Waals surface area contributed by atoms with Crippen molar-refractivity contribution in [2.24, 2.45) is 17.3 Å². The summed E-state index contributed by atoms with van der Waals surface area (Å²) in [5.41, 5.74) is 0.474. The lowest BCUT2D eigenvalue weighted by Crippen LogP contribution is -2.56. The number of hydrogen-bond donors (Lipinski definition) is 1. The van der Waals surface area contributed by atoms with E-state index in [0.717, 1.165) is 31.2 Å². The molecule has 0 aromatic heterocycles. The van der Waals surface area contributed by atoms with Crippen LogP contribution in [0.15, 0.2) is 24.3 Å². The molecule has 6 heteroatoms. The van der Waals surface area contributed by atoms with E-state index in [9.17, 15) is 9.59 Å². The van der Waals surface area contributed by atoms with Crippen molar-refractivity contribution in [3.8, 4) is 0 Å². The number of carbonyl (C=O) groups excluding carboxylic acids is 2. The highest BCUT2D eigenvalue weighted by molar-refractivity contribution is 6.30. The monoisotopic (exact) mass is 395 g/mol. The summed E-state index contributed by atoms with van der Waals surface area (Å²) >= 11 is 12.6. The average molecular weight is 396 g/mol. The zero-order chi connectivity index (χ0) is 18.4. The molecule has 26 heavy (non-hydrogen) atoms. The zero-order valence-electron chi connectivity index (χ0n) is 14.6. The van der Waals surface area contributed by atoms with Gasteiger partial charge in [-0.05, 0) is 68.1 Å². The van der Waals surface area contributed by atoms with E-state index in [1.165, 1.54) is 6.42 Å². The molecule has 5 rings (SSSR count). The highest BCUT2D eigenvalue weighted by Crippen LogP contribution is 2.64. The smallest absolute Gasteiger partial charge is 0.312 e. The minimum absolute atomic E-state index is 0.236. The number of hydrogen-bond acceptors (Lipinski definition) is 3. The Bertz CT molecular complexity index is 704. The molecule has 0 radical (unpaired) electrons. The lowest BCUT2D eigenvalue weighted by molar-refractivity contribution is -0.171. The summed E-state index contributed by atoms with van der Waals surface area (Å²) in [6.07, 6.45) is 5.64. The zero-order valence-corrected chi connectivity index (χ0v) is 16.1. The molecule has 4 fully saturated rings. The van der Waals surface area contributed by atoms with Gasteiger partial charge in [0.25, 0.3) is 5.91 Å². The number of esters is 1. The van der Waals surface area contributed by atoms with Gasteiger partial charge in [0.05, 0.1) is 5.41 Å². The first-order valence-corrected chi connectivity index (χ1v) is 9.99. The Morgan fingerprint density at radius 1 is 1.12 bits per heavy atom. The van der Waals surface area contributed by atoms with Crippen molar-refractivity contribution in [3.63, 3.8) is 0 Å². The molecule has 140 valence electrons. The van der Waals surface area contributed by atoms with Crippen LogP contribution in [0.1, 0.15) is 44.1 Å². The van der Waals surface area contributed by atoms with Gasteiger partial charge in [-0.1, -0.05) is 23.7 Å². The number of alkyl halides is 1. The van der Waals surface area contributed by atoms with Gasteiger partial charge in [-0.2, -0.15) is 0 Å². The fraction of sp³-hybridized carbons (Fsp3) is 0.600. The maximum Gasteiger partial charge on any atom is 0.312 e. The van der Waals surface area contributed by atoms with Crippen LogP contribution in [0.3, 0.4) is 0 Å². The molecule has 4 nitrogen and oxygen atoms in total. The standard InChI is InChI=1S/C20H23Cl2NO3/c21-16-3-1-13(2-4-16)10-23-17(24)11-26-18(25)19-6-14-5-15(7-19)9-20(22,8-14)12-19/h1-4,14-15H,5-12H2,(H,23,24)/t14-,15+,19?,20?. The third kappa shape index (κ3) is 3.59. The first-order valence-electron chi connectivity index (χ1n) is 9.23. The van der Waals surface area contributed by atoms with Crippen LogP contribution in [0.4, 0.5) is 0 Å². The quantitative estimate of drug-likeness (QED) is 0.603. The predicted molar refractivity (Wildman–Crippen MR) is 100.0 cm³/mol. The molecule has 0 heterocycles. The molecular weight excluding hydrogens is 373 g/mol. The summed E-state index contributed by atoms with van der Waals surface area (Å²) in [6, 6.07) is 7.25. The highest BCUT2D eigenvalue weighted by Gasteiger charge is 2.60. The van der Waals surface area contributed by atoms with Crippen molar-refractivity contribution in [2.75, 3.05) is 6.61 Å². The van der Waals surface area contributed by atoms with Crippen LogP contribution >= 0.6 is 23.2 Å². The molecule has 4 aliphatic rings. The third-order valence-electron chi connectivity index (χ3n) is 6.16. The van der Waals surface area contributed by atoms with Crippen LogP contribution in [0.5, 0.6) is 0 Å². The number of nitrogens with one attached hydrogen (secondary N) is 1. The van der Waals surface area contributed by atoms with Gasteiger partial charge in [0.2, 0.25) is 0 Å². The van der Waals surface area contributed by atoms with Gasteiger partial charge < -0.3 is 10.1 Å². The number of benzene rings is 1. The topological polar surface area (TPSA) is 55.4 Å². The molecule has 2 unspecified atom stereocenters. The summed E-state index contributed by atoms with van der Waals surface area (Å²) in [6.45, 7) is 0.145. The number of rotatable bonds is 5. The van der Waals surface area contributed by atoms with Crippen LogP contribution in [0, 0.1) is 17.3 Å². The van der Waals surface area contributed by atoms with E-state index in [2.05, 4.69) is 5.32 Å². The maximum absolute atomic E-state index is 12.8. The lowest BCUT2D eigenvalue weighted by atomic mass is 9.49. The van der Waals surface area contributed by atoms with Gasteiger partial charge in [0, 0.05) is 16.4 Å². The number of carbonyl (C=O) groups is 2. The van der Waals surface area contributed by atoms with E-state index in [1.807, 2.05) is 12.1 Å². The molecule has 4 atom stereocenters. The second-order valence-corrected chi connectivity index (χ2v) is 9.61. The van der Waals surface area contributed by atoms with Gasteiger partial charge >= 0.3 is 5.97 Å². The van der Waals surface area contributed by atoms with Gasteiger partial charge in [0.1, 0.15) is 0 Å². The van der Waals surface area contributed by atoms with Gasteiger partial charge in [-0.15, -0.1) is 11.6 Å². The lowest BCUT2D eigenvalue weighted by Gasteiger charge is -2.58. The van der Waals surface area contributed by atoms with Crippen LogP contribution in [-0.2, 0) is 20.9 Å². The normalized spacial score (nSPS) is 34.5. The van der Waals surface area contributed by atoms with Crippen LogP contribution in [-0.4, -0.2) is 23.4 Å². The van der Waals surface area contributed by atoms with E-state index in [0.29, 0.717) is 29.8 Å². The minimum atomic E-state index is -0.470. The third-order valence-corrected chi connectivity index (χ3v) is 6.85. The summed E-state index contributed by atoms with van der Waals surface area (Å²) in [7, 11) is 0. The van der Waals surface area contributed by atoms with Crippen molar-refractivity contribution in [1.82, 2.24) is 5.32 Å². The van der Waals surface area contributed by atoms with Crippen LogP contribution < -0.4 is 5.32 Å². The first-order chi connectivity index (χ1) is 12.4. The summed E-state index contributed by atoms with van der Waals surface area (Å²) in [5, 5.41) is 3.42. The predicted octanol–water partition coefficient (Wildman–Crippen LogP) is 4.08. The SMILES string of the molecule is O=C(COC(=O)C12C[C@@H]3C[C@@H](CC(Cl)(C3)C1)C2)NCc1ccc(Cl)cc1. The Hall–Kier alpha value is -1.26. The molecule has 4 bridgehead atoms. The van der Waals surface area contributed by atoms with E-state index < -0.39 is 5.41 Å². The minimum Gasteiger partial charge on any atom is -0.455 e. The Kier molecular flexibility index (Phi) is 4.68. The Morgan fingerprint density at radius 3 is 2.38 bits per heavy atom. The van der Waals surface area contributed by atoms with Gasteiger partial charge in [-0.3, -0.25) is 9.59 Å². The Labute approximate surface area is 163 Å². The fourth-order valence-electron chi connectivity index (χ4n) is 5.53. The second kappa shape index (κ2) is 6.72. The molecule has 0 aliphatic heterocycles. The molecular formula is C20H23Cl2NO3. The van der Waals surface area contributed by atoms with Gasteiger partial charge in [0.15, 0.2) is 6.61 Å². The highest BCUT2D eigenvalue weighted by atomic mass is 35.5. The van der Waals surface area contributed by atoms with Crippen molar-refractivity contribution >= 4 is 35.1 Å². The van der Waals surface area contributed by atoms with E-state index in [4.69, 9.17) is 27.9 Å². The van der Waals surface area contributed by atoms with E-state index in [-0.39, 0.29) is 23.4 Å². The number of amides is 1. The van der Waals surface area contributed by atoms with E-state index >= 15 is 0 Å². The molecule has 1 amide bonds. The Morgan fingerprint density at radius 2 is 1.77 bits per heavy atom. The largest absolute Gasteiger partial charge is 0.455 e. The fourth-order valence-corrected chi connectivity index (χ4v) is 6.35. The molecule has 4 saturated carbocycles. The Balaban J connectivity index is 1.30. The van der Waals surface area contributed by atoms with Crippen molar-refractivity contribution in [1.29, 1.82) is 0 Å².